The lowest BCUT2D eigenvalue weighted by Gasteiger charge is -2.14. The molecule has 2 N–H and O–H groups in total. The van der Waals surface area contributed by atoms with Crippen LogP contribution < -0.4 is 5.73 Å². The summed E-state index contributed by atoms with van der Waals surface area (Å²) in [6.07, 6.45) is 2.13. The van der Waals surface area contributed by atoms with Gasteiger partial charge in [0.15, 0.2) is 0 Å². The van der Waals surface area contributed by atoms with E-state index < -0.39 is 0 Å². The minimum Gasteiger partial charge on any atom is -0.341 e. The van der Waals surface area contributed by atoms with Gasteiger partial charge in [-0.2, -0.15) is 0 Å². The van der Waals surface area contributed by atoms with Crippen molar-refractivity contribution in [1.82, 2.24) is 9.55 Å². The fourth-order valence-electron chi connectivity index (χ4n) is 2.39. The molecule has 2 heterocycles. The molecular formula is C17H21N3S. The summed E-state index contributed by atoms with van der Waals surface area (Å²) in [5, 5.41) is 4.57. The van der Waals surface area contributed by atoms with Crippen LogP contribution in [0.1, 0.15) is 37.0 Å². The van der Waals surface area contributed by atoms with E-state index in [0.29, 0.717) is 6.54 Å². The number of thiazole rings is 1. The second-order valence-electron chi connectivity index (χ2n) is 6.42. The molecule has 0 radical (unpaired) electrons. The normalized spacial score (nSPS) is 12.2. The van der Waals surface area contributed by atoms with Gasteiger partial charge in [0, 0.05) is 29.1 Å². The molecule has 3 nitrogen and oxygen atoms in total. The summed E-state index contributed by atoms with van der Waals surface area (Å²) in [6.45, 7) is 8.01. The molecule has 110 valence electrons. The highest BCUT2D eigenvalue weighted by atomic mass is 32.1. The SMILES string of the molecule is CC(C)(C)c1csc(Cn2ccc3cc(CN)ccc32)n1. The van der Waals surface area contributed by atoms with E-state index in [1.54, 1.807) is 11.3 Å². The van der Waals surface area contributed by atoms with Crippen LogP contribution in [0.5, 0.6) is 0 Å². The lowest BCUT2D eigenvalue weighted by molar-refractivity contribution is 0.570. The Hall–Kier alpha value is -1.65. The minimum atomic E-state index is 0.115. The molecule has 0 spiro atoms. The van der Waals surface area contributed by atoms with Crippen molar-refractivity contribution in [3.63, 3.8) is 0 Å². The number of nitrogens with two attached hydrogens (primary N) is 1. The average Bonchev–Trinajstić information content (AvgIpc) is 3.06. The Kier molecular flexibility index (Phi) is 3.59. The van der Waals surface area contributed by atoms with Gasteiger partial charge in [0.2, 0.25) is 0 Å². The molecule has 0 fully saturated rings. The summed E-state index contributed by atoms with van der Waals surface area (Å²) in [5.74, 6) is 0. The van der Waals surface area contributed by atoms with E-state index in [-0.39, 0.29) is 5.41 Å². The number of hydrogen-bond donors (Lipinski definition) is 1. The summed E-state index contributed by atoms with van der Waals surface area (Å²) in [6, 6.07) is 8.55. The third-order valence-electron chi connectivity index (χ3n) is 3.70. The summed E-state index contributed by atoms with van der Waals surface area (Å²) in [5.41, 5.74) is 9.39. The van der Waals surface area contributed by atoms with Crippen molar-refractivity contribution in [3.05, 3.63) is 52.1 Å². The fraction of sp³-hybridized carbons (Fsp3) is 0.353. The average molecular weight is 299 g/mol. The van der Waals surface area contributed by atoms with E-state index in [9.17, 15) is 0 Å². The Morgan fingerprint density at radius 3 is 2.71 bits per heavy atom. The largest absolute Gasteiger partial charge is 0.341 e. The number of hydrogen-bond acceptors (Lipinski definition) is 3. The first kappa shape index (κ1) is 14.3. The smallest absolute Gasteiger partial charge is 0.113 e. The van der Waals surface area contributed by atoms with Gasteiger partial charge in [0.25, 0.3) is 0 Å². The van der Waals surface area contributed by atoms with Gasteiger partial charge < -0.3 is 10.3 Å². The van der Waals surface area contributed by atoms with E-state index in [1.165, 1.54) is 22.2 Å². The highest BCUT2D eigenvalue weighted by Gasteiger charge is 2.17. The van der Waals surface area contributed by atoms with Crippen molar-refractivity contribution in [1.29, 1.82) is 0 Å². The molecule has 1 aromatic carbocycles. The Bertz CT molecular complexity index is 762. The first-order valence-corrected chi connectivity index (χ1v) is 8.08. The van der Waals surface area contributed by atoms with Gasteiger partial charge in [-0.05, 0) is 29.1 Å². The molecular weight excluding hydrogens is 278 g/mol. The van der Waals surface area contributed by atoms with Crippen LogP contribution in [0, 0.1) is 0 Å². The van der Waals surface area contributed by atoms with Crippen LogP contribution in [0.15, 0.2) is 35.8 Å². The predicted molar refractivity (Wildman–Crippen MR) is 89.7 cm³/mol. The zero-order valence-corrected chi connectivity index (χ0v) is 13.6. The molecule has 0 bridgehead atoms. The molecule has 0 saturated carbocycles. The summed E-state index contributed by atoms with van der Waals surface area (Å²) < 4.78 is 2.25. The Labute approximate surface area is 129 Å². The monoisotopic (exact) mass is 299 g/mol. The Balaban J connectivity index is 1.90. The van der Waals surface area contributed by atoms with Gasteiger partial charge in [-0.25, -0.2) is 4.98 Å². The van der Waals surface area contributed by atoms with Crippen LogP contribution >= 0.6 is 11.3 Å². The maximum Gasteiger partial charge on any atom is 0.113 e. The third kappa shape index (κ3) is 2.87. The zero-order chi connectivity index (χ0) is 15.0. The third-order valence-corrected chi connectivity index (χ3v) is 4.53. The molecule has 4 heteroatoms. The number of rotatable bonds is 3. The Morgan fingerprint density at radius 2 is 2.05 bits per heavy atom. The molecule has 0 unspecified atom stereocenters. The number of fused-ring (bicyclic) bond motifs is 1. The second-order valence-corrected chi connectivity index (χ2v) is 7.36. The quantitative estimate of drug-likeness (QED) is 0.797. The number of nitrogens with zero attached hydrogens (tertiary/aromatic N) is 2. The van der Waals surface area contributed by atoms with Gasteiger partial charge in [-0.1, -0.05) is 26.8 Å². The van der Waals surface area contributed by atoms with Crippen molar-refractivity contribution in [2.45, 2.75) is 39.3 Å². The molecule has 2 aromatic heterocycles. The molecule has 0 aliphatic carbocycles. The predicted octanol–water partition coefficient (Wildman–Crippen LogP) is 3.90. The highest BCUT2D eigenvalue weighted by molar-refractivity contribution is 7.09. The first-order valence-electron chi connectivity index (χ1n) is 7.20. The van der Waals surface area contributed by atoms with Crippen molar-refractivity contribution >= 4 is 22.2 Å². The lowest BCUT2D eigenvalue weighted by Crippen LogP contribution is -2.11. The van der Waals surface area contributed by atoms with E-state index >= 15 is 0 Å². The maximum absolute atomic E-state index is 5.70. The highest BCUT2D eigenvalue weighted by Crippen LogP contribution is 2.25. The second kappa shape index (κ2) is 5.28. The molecule has 0 atom stereocenters. The molecule has 0 saturated heterocycles. The standard InChI is InChI=1S/C17H21N3S/c1-17(2,3)15-11-21-16(19-15)10-20-7-6-13-8-12(9-18)4-5-14(13)20/h4-8,11H,9-10,18H2,1-3H3. The van der Waals surface area contributed by atoms with E-state index in [0.717, 1.165) is 11.6 Å². The zero-order valence-electron chi connectivity index (χ0n) is 12.8. The molecule has 3 rings (SSSR count). The molecule has 0 amide bonds. The maximum atomic E-state index is 5.70. The Morgan fingerprint density at radius 1 is 1.24 bits per heavy atom. The van der Waals surface area contributed by atoms with Crippen LogP contribution in [-0.2, 0) is 18.5 Å². The molecule has 3 aromatic rings. The summed E-state index contributed by atoms with van der Waals surface area (Å²) in [7, 11) is 0. The van der Waals surface area contributed by atoms with Gasteiger partial charge in [-0.15, -0.1) is 11.3 Å². The van der Waals surface area contributed by atoms with Crippen LogP contribution in [0.2, 0.25) is 0 Å². The number of aromatic nitrogens is 2. The van der Waals surface area contributed by atoms with Gasteiger partial charge >= 0.3 is 0 Å². The lowest BCUT2D eigenvalue weighted by atomic mass is 9.93. The van der Waals surface area contributed by atoms with Crippen molar-refractivity contribution in [2.75, 3.05) is 0 Å². The van der Waals surface area contributed by atoms with Gasteiger partial charge in [0.1, 0.15) is 5.01 Å². The first-order chi connectivity index (χ1) is 9.97. The van der Waals surface area contributed by atoms with E-state index in [2.05, 4.69) is 61.2 Å². The van der Waals surface area contributed by atoms with Crippen LogP contribution in [-0.4, -0.2) is 9.55 Å². The van der Waals surface area contributed by atoms with Gasteiger partial charge in [0.05, 0.1) is 12.2 Å². The van der Waals surface area contributed by atoms with Crippen molar-refractivity contribution in [2.24, 2.45) is 5.73 Å². The van der Waals surface area contributed by atoms with Gasteiger partial charge in [-0.3, -0.25) is 0 Å². The van der Waals surface area contributed by atoms with E-state index in [1.807, 2.05) is 0 Å². The minimum absolute atomic E-state index is 0.115. The molecule has 21 heavy (non-hydrogen) atoms. The van der Waals surface area contributed by atoms with Crippen LogP contribution in [0.4, 0.5) is 0 Å². The fourth-order valence-corrected chi connectivity index (χ4v) is 3.41. The topological polar surface area (TPSA) is 43.8 Å². The van der Waals surface area contributed by atoms with Crippen LogP contribution in [0.25, 0.3) is 10.9 Å². The molecule has 0 aliphatic rings. The summed E-state index contributed by atoms with van der Waals surface area (Å²) in [4.78, 5) is 4.77. The molecule has 0 aliphatic heterocycles. The number of benzene rings is 1. The van der Waals surface area contributed by atoms with E-state index in [4.69, 9.17) is 10.7 Å². The van der Waals surface area contributed by atoms with Crippen molar-refractivity contribution < 1.29 is 0 Å². The van der Waals surface area contributed by atoms with Crippen LogP contribution in [0.3, 0.4) is 0 Å². The van der Waals surface area contributed by atoms with Crippen molar-refractivity contribution in [3.8, 4) is 0 Å². The summed E-state index contributed by atoms with van der Waals surface area (Å²) >= 11 is 1.74.